The van der Waals surface area contributed by atoms with E-state index in [0.717, 1.165) is 24.6 Å². The molecule has 0 unspecified atom stereocenters. The lowest BCUT2D eigenvalue weighted by Gasteiger charge is -2.15. The summed E-state index contributed by atoms with van der Waals surface area (Å²) in [4.78, 5) is 14.8. The van der Waals surface area contributed by atoms with Crippen LogP contribution in [0, 0.1) is 22.0 Å². The zero-order valence-electron chi connectivity index (χ0n) is 13.8. The standard InChI is InChI=1S/C16H26N4O2/c1-12(2)9-17-16(18-10-13(3)4)19-11-14-5-7-15(8-6-14)20(21)22/h5-8,12-13H,9-11H2,1-4H3,(H2,17,18,19). The quantitative estimate of drug-likeness (QED) is 0.351. The Hall–Kier alpha value is -2.11. The Labute approximate surface area is 132 Å². The van der Waals surface area contributed by atoms with Crippen molar-refractivity contribution in [1.82, 2.24) is 10.6 Å². The first-order chi connectivity index (χ1) is 10.4. The first kappa shape index (κ1) is 17.9. The zero-order chi connectivity index (χ0) is 16.5. The summed E-state index contributed by atoms with van der Waals surface area (Å²) in [6.45, 7) is 10.8. The van der Waals surface area contributed by atoms with Gasteiger partial charge in [0, 0.05) is 25.2 Å². The molecule has 0 bridgehead atoms. The van der Waals surface area contributed by atoms with Crippen LogP contribution in [0.15, 0.2) is 29.3 Å². The molecular weight excluding hydrogens is 280 g/mol. The van der Waals surface area contributed by atoms with Crippen molar-refractivity contribution in [2.45, 2.75) is 34.2 Å². The molecule has 0 radical (unpaired) electrons. The number of guanidine groups is 1. The van der Waals surface area contributed by atoms with E-state index in [4.69, 9.17) is 0 Å². The number of rotatable bonds is 7. The molecule has 6 nitrogen and oxygen atoms in total. The number of hydrogen-bond acceptors (Lipinski definition) is 3. The van der Waals surface area contributed by atoms with Gasteiger partial charge in [0.2, 0.25) is 0 Å². The van der Waals surface area contributed by atoms with Gasteiger partial charge in [-0.05, 0) is 17.4 Å². The fourth-order valence-corrected chi connectivity index (χ4v) is 1.67. The van der Waals surface area contributed by atoms with Crippen molar-refractivity contribution >= 4 is 11.6 Å². The summed E-state index contributed by atoms with van der Waals surface area (Å²) in [6.07, 6.45) is 0. The van der Waals surface area contributed by atoms with Crippen molar-refractivity contribution in [2.75, 3.05) is 13.1 Å². The second kappa shape index (κ2) is 9.02. The minimum absolute atomic E-state index is 0.101. The molecule has 0 amide bonds. The van der Waals surface area contributed by atoms with E-state index in [1.165, 1.54) is 12.1 Å². The van der Waals surface area contributed by atoms with Crippen LogP contribution >= 0.6 is 0 Å². The molecule has 0 saturated heterocycles. The number of non-ortho nitro benzene ring substituents is 1. The summed E-state index contributed by atoms with van der Waals surface area (Å²) >= 11 is 0. The molecule has 0 atom stereocenters. The summed E-state index contributed by atoms with van der Waals surface area (Å²) in [7, 11) is 0. The summed E-state index contributed by atoms with van der Waals surface area (Å²) in [5, 5.41) is 17.2. The lowest BCUT2D eigenvalue weighted by molar-refractivity contribution is -0.384. The number of nitro groups is 1. The molecule has 0 aliphatic rings. The van der Waals surface area contributed by atoms with E-state index in [0.29, 0.717) is 18.4 Å². The summed E-state index contributed by atoms with van der Waals surface area (Å²) in [5.41, 5.74) is 1.05. The van der Waals surface area contributed by atoms with E-state index in [9.17, 15) is 10.1 Å². The van der Waals surface area contributed by atoms with Gasteiger partial charge in [0.25, 0.3) is 5.69 Å². The molecule has 122 valence electrons. The third-order valence-corrected chi connectivity index (χ3v) is 2.92. The number of nitrogens with zero attached hydrogens (tertiary/aromatic N) is 2. The topological polar surface area (TPSA) is 79.6 Å². The molecule has 0 aliphatic heterocycles. The van der Waals surface area contributed by atoms with Crippen LogP contribution in [-0.4, -0.2) is 24.0 Å². The van der Waals surface area contributed by atoms with E-state index < -0.39 is 4.92 Å². The highest BCUT2D eigenvalue weighted by Gasteiger charge is 2.05. The van der Waals surface area contributed by atoms with Gasteiger partial charge in [-0.1, -0.05) is 39.8 Å². The van der Waals surface area contributed by atoms with E-state index in [2.05, 4.69) is 43.3 Å². The molecule has 1 rings (SSSR count). The molecule has 0 heterocycles. The average molecular weight is 306 g/mol. The van der Waals surface area contributed by atoms with Crippen molar-refractivity contribution in [1.29, 1.82) is 0 Å². The van der Waals surface area contributed by atoms with Crippen LogP contribution in [0.2, 0.25) is 0 Å². The van der Waals surface area contributed by atoms with Crippen LogP contribution < -0.4 is 10.6 Å². The molecule has 0 fully saturated rings. The molecule has 0 aliphatic carbocycles. The van der Waals surface area contributed by atoms with Gasteiger partial charge in [0.05, 0.1) is 11.5 Å². The first-order valence-electron chi connectivity index (χ1n) is 7.64. The van der Waals surface area contributed by atoms with Gasteiger partial charge in [0.1, 0.15) is 0 Å². The third-order valence-electron chi connectivity index (χ3n) is 2.92. The Morgan fingerprint density at radius 2 is 1.59 bits per heavy atom. The van der Waals surface area contributed by atoms with Gasteiger partial charge in [-0.15, -0.1) is 0 Å². The van der Waals surface area contributed by atoms with Crippen molar-refractivity contribution in [3.8, 4) is 0 Å². The number of nitro benzene ring substituents is 1. The predicted molar refractivity (Wildman–Crippen MR) is 89.9 cm³/mol. The van der Waals surface area contributed by atoms with Crippen LogP contribution in [0.1, 0.15) is 33.3 Å². The monoisotopic (exact) mass is 306 g/mol. The third kappa shape index (κ3) is 7.06. The second-order valence-corrected chi connectivity index (χ2v) is 6.14. The molecule has 0 saturated carbocycles. The van der Waals surface area contributed by atoms with Crippen molar-refractivity contribution in [3.05, 3.63) is 39.9 Å². The average Bonchev–Trinajstić information content (AvgIpc) is 2.46. The van der Waals surface area contributed by atoms with Gasteiger partial charge >= 0.3 is 0 Å². The van der Waals surface area contributed by atoms with Crippen LogP contribution in [0.3, 0.4) is 0 Å². The Bertz CT molecular complexity index is 481. The minimum Gasteiger partial charge on any atom is -0.356 e. The van der Waals surface area contributed by atoms with Gasteiger partial charge in [-0.3, -0.25) is 10.1 Å². The highest BCUT2D eigenvalue weighted by molar-refractivity contribution is 5.79. The van der Waals surface area contributed by atoms with Crippen molar-refractivity contribution < 1.29 is 4.92 Å². The fourth-order valence-electron chi connectivity index (χ4n) is 1.67. The second-order valence-electron chi connectivity index (χ2n) is 6.14. The maximum absolute atomic E-state index is 10.6. The lowest BCUT2D eigenvalue weighted by Crippen LogP contribution is -2.40. The van der Waals surface area contributed by atoms with E-state index in [1.54, 1.807) is 12.1 Å². The van der Waals surface area contributed by atoms with Gasteiger partial charge in [-0.25, -0.2) is 4.99 Å². The molecular formula is C16H26N4O2. The molecule has 2 N–H and O–H groups in total. The van der Waals surface area contributed by atoms with Gasteiger partial charge in [0.15, 0.2) is 5.96 Å². The minimum atomic E-state index is -0.396. The highest BCUT2D eigenvalue weighted by atomic mass is 16.6. The summed E-state index contributed by atoms with van der Waals surface area (Å²) < 4.78 is 0. The Balaban J connectivity index is 2.67. The smallest absolute Gasteiger partial charge is 0.269 e. The van der Waals surface area contributed by atoms with Crippen LogP contribution in [0.5, 0.6) is 0 Å². The van der Waals surface area contributed by atoms with E-state index in [-0.39, 0.29) is 5.69 Å². The van der Waals surface area contributed by atoms with Crippen LogP contribution in [-0.2, 0) is 6.54 Å². The molecule has 6 heteroatoms. The number of benzene rings is 1. The highest BCUT2D eigenvalue weighted by Crippen LogP contribution is 2.12. The molecule has 0 spiro atoms. The maximum atomic E-state index is 10.6. The Morgan fingerprint density at radius 1 is 1.09 bits per heavy atom. The van der Waals surface area contributed by atoms with Crippen molar-refractivity contribution in [2.24, 2.45) is 16.8 Å². The summed E-state index contributed by atoms with van der Waals surface area (Å²) in [5.74, 6) is 1.84. The van der Waals surface area contributed by atoms with Crippen LogP contribution in [0.25, 0.3) is 0 Å². The van der Waals surface area contributed by atoms with Gasteiger partial charge < -0.3 is 10.6 Å². The number of aliphatic imine (C=N–C) groups is 1. The Kier molecular flexibility index (Phi) is 7.36. The first-order valence-corrected chi connectivity index (χ1v) is 7.64. The maximum Gasteiger partial charge on any atom is 0.269 e. The molecule has 0 aromatic heterocycles. The SMILES string of the molecule is CC(C)CNC(=NCc1ccc([N+](=O)[O-])cc1)NCC(C)C. The molecule has 22 heavy (non-hydrogen) atoms. The molecule has 1 aromatic carbocycles. The predicted octanol–water partition coefficient (Wildman–Crippen LogP) is 2.94. The lowest BCUT2D eigenvalue weighted by atomic mass is 10.2. The normalized spacial score (nSPS) is 10.6. The number of nitrogens with one attached hydrogen (secondary N) is 2. The number of hydrogen-bond donors (Lipinski definition) is 2. The fraction of sp³-hybridized carbons (Fsp3) is 0.562. The van der Waals surface area contributed by atoms with Crippen LogP contribution in [0.4, 0.5) is 5.69 Å². The zero-order valence-corrected chi connectivity index (χ0v) is 13.8. The Morgan fingerprint density at radius 3 is 2.00 bits per heavy atom. The van der Waals surface area contributed by atoms with Gasteiger partial charge in [-0.2, -0.15) is 0 Å². The van der Waals surface area contributed by atoms with E-state index in [1.807, 2.05) is 0 Å². The van der Waals surface area contributed by atoms with Crippen molar-refractivity contribution in [3.63, 3.8) is 0 Å². The molecule has 1 aromatic rings. The van der Waals surface area contributed by atoms with E-state index >= 15 is 0 Å². The summed E-state index contributed by atoms with van der Waals surface area (Å²) in [6, 6.07) is 6.50. The largest absolute Gasteiger partial charge is 0.356 e.